The highest BCUT2D eigenvalue weighted by molar-refractivity contribution is 5.98. The van der Waals surface area contributed by atoms with Gasteiger partial charge in [-0.1, -0.05) is 17.7 Å². The summed E-state index contributed by atoms with van der Waals surface area (Å²) >= 11 is 0. The van der Waals surface area contributed by atoms with Crippen LogP contribution in [-0.4, -0.2) is 60.0 Å². The lowest BCUT2D eigenvalue weighted by atomic mass is 9.77. The van der Waals surface area contributed by atoms with E-state index in [9.17, 15) is 19.8 Å². The molecule has 0 bridgehead atoms. The number of hydrogen-bond acceptors (Lipinski definition) is 9. The summed E-state index contributed by atoms with van der Waals surface area (Å²) in [5, 5.41) is 22.2. The summed E-state index contributed by atoms with van der Waals surface area (Å²) in [5.41, 5.74) is 3.07. The van der Waals surface area contributed by atoms with Crippen molar-refractivity contribution in [2.45, 2.75) is 70.5 Å². The van der Waals surface area contributed by atoms with Gasteiger partial charge in [0.15, 0.2) is 0 Å². The van der Waals surface area contributed by atoms with E-state index >= 15 is 0 Å². The van der Waals surface area contributed by atoms with Crippen LogP contribution in [0.2, 0.25) is 0 Å². The lowest BCUT2D eigenvalue weighted by Crippen LogP contribution is -2.39. The van der Waals surface area contributed by atoms with Crippen molar-refractivity contribution in [3.63, 3.8) is 0 Å². The molecule has 0 aromatic heterocycles. The Labute approximate surface area is 250 Å². The Kier molecular flexibility index (Phi) is 7.87. The van der Waals surface area contributed by atoms with Gasteiger partial charge in [-0.2, -0.15) is 0 Å². The molecule has 6 rings (SSSR count). The summed E-state index contributed by atoms with van der Waals surface area (Å²) in [5.74, 6) is 0.716. The molecule has 0 spiro atoms. The smallest absolute Gasteiger partial charge is 0.374 e. The van der Waals surface area contributed by atoms with E-state index in [0.717, 1.165) is 32.8 Å². The number of benzene rings is 2. The Balaban J connectivity index is 1.50. The highest BCUT2D eigenvalue weighted by atomic mass is 16.6. The second-order valence-electron chi connectivity index (χ2n) is 11.9. The molecule has 0 saturated heterocycles. The van der Waals surface area contributed by atoms with E-state index in [1.807, 2.05) is 12.1 Å². The van der Waals surface area contributed by atoms with E-state index in [-0.39, 0.29) is 37.3 Å². The van der Waals surface area contributed by atoms with Gasteiger partial charge in [0.2, 0.25) is 5.76 Å². The first kappa shape index (κ1) is 29.1. The zero-order valence-corrected chi connectivity index (χ0v) is 24.8. The highest BCUT2D eigenvalue weighted by Crippen LogP contribution is 2.52. The maximum Gasteiger partial charge on any atom is 0.374 e. The van der Waals surface area contributed by atoms with Gasteiger partial charge in [-0.3, -0.25) is 9.79 Å². The van der Waals surface area contributed by atoms with Gasteiger partial charge in [0.05, 0.1) is 36.3 Å². The summed E-state index contributed by atoms with van der Waals surface area (Å²) in [6.07, 6.45) is 5.45. The van der Waals surface area contributed by atoms with Crippen molar-refractivity contribution in [1.82, 2.24) is 0 Å². The van der Waals surface area contributed by atoms with Crippen molar-refractivity contribution in [2.75, 3.05) is 26.4 Å². The number of rotatable bonds is 8. The third-order valence-electron chi connectivity index (χ3n) is 8.46. The molecule has 2 N–H and O–H groups in total. The highest BCUT2D eigenvalue weighted by Gasteiger charge is 2.41. The van der Waals surface area contributed by atoms with Crippen molar-refractivity contribution < 1.29 is 38.7 Å². The van der Waals surface area contributed by atoms with Crippen LogP contribution >= 0.6 is 0 Å². The predicted octanol–water partition coefficient (Wildman–Crippen LogP) is 3.07. The minimum absolute atomic E-state index is 0.0351. The quantitative estimate of drug-likeness (QED) is 0.357. The number of esters is 1. The number of allylic oxidation sites excluding steroid dienone is 3. The number of nitrogens with zero attached hydrogens (tertiary/aromatic N) is 1. The largest absolute Gasteiger partial charge is 0.492 e. The first-order valence-corrected chi connectivity index (χ1v) is 15.0. The number of hydrogen-bond donors (Lipinski definition) is 2. The third kappa shape index (κ3) is 5.59. The van der Waals surface area contributed by atoms with Gasteiger partial charge in [0.25, 0.3) is 0 Å². The molecule has 9 heteroatoms. The number of Topliss-reactive ketones (excluding diaryl/α,β-unsaturated/α-hetero) is 1. The van der Waals surface area contributed by atoms with Gasteiger partial charge in [0, 0.05) is 43.4 Å². The number of fused-ring (bicyclic) bond motifs is 3. The van der Waals surface area contributed by atoms with Crippen molar-refractivity contribution in [2.24, 2.45) is 4.99 Å². The molecule has 1 aliphatic carbocycles. The molecule has 1 fully saturated rings. The molecule has 3 aliphatic heterocycles. The van der Waals surface area contributed by atoms with Crippen LogP contribution in [0.15, 0.2) is 46.7 Å². The topological polar surface area (TPSA) is 124 Å². The van der Waals surface area contributed by atoms with Crippen LogP contribution in [0.25, 0.3) is 11.6 Å². The molecular weight excluding hydrogens is 550 g/mol. The van der Waals surface area contributed by atoms with Crippen molar-refractivity contribution in [1.29, 1.82) is 0 Å². The van der Waals surface area contributed by atoms with E-state index in [4.69, 9.17) is 18.9 Å². The number of aliphatic hydroxyl groups excluding tert-OH is 1. The first-order chi connectivity index (χ1) is 20.7. The van der Waals surface area contributed by atoms with Gasteiger partial charge in [-0.25, -0.2) is 4.79 Å². The van der Waals surface area contributed by atoms with Gasteiger partial charge in [-0.05, 0) is 68.2 Å². The normalized spacial score (nSPS) is 22.3. The number of carbonyl (C=O) groups is 2. The molecule has 1 saturated carbocycles. The van der Waals surface area contributed by atoms with E-state index in [1.54, 1.807) is 32.9 Å². The lowest BCUT2D eigenvalue weighted by molar-refractivity contribution is -0.141. The minimum Gasteiger partial charge on any atom is -0.492 e. The molecule has 2 atom stereocenters. The van der Waals surface area contributed by atoms with E-state index in [0.29, 0.717) is 61.5 Å². The van der Waals surface area contributed by atoms with E-state index in [2.05, 4.69) is 17.1 Å². The lowest BCUT2D eigenvalue weighted by Gasteiger charge is -2.29. The van der Waals surface area contributed by atoms with Crippen molar-refractivity contribution in [3.05, 3.63) is 68.9 Å². The Morgan fingerprint density at radius 3 is 2.77 bits per heavy atom. The van der Waals surface area contributed by atoms with Crippen LogP contribution in [-0.2, 0) is 20.7 Å². The molecule has 43 heavy (non-hydrogen) atoms. The average molecular weight is 588 g/mol. The zero-order chi connectivity index (χ0) is 30.3. The minimum atomic E-state index is -1.12. The summed E-state index contributed by atoms with van der Waals surface area (Å²) in [6, 6.07) is 7.76. The van der Waals surface area contributed by atoms with E-state index < -0.39 is 17.7 Å². The number of carbonyl (C=O) groups excluding carboxylic acids is 2. The molecule has 0 amide bonds. The zero-order valence-electron chi connectivity index (χ0n) is 24.8. The summed E-state index contributed by atoms with van der Waals surface area (Å²) in [6.45, 7) is 6.18. The molecular formula is C34H37NO8. The number of ether oxygens (including phenoxy) is 4. The van der Waals surface area contributed by atoms with Gasteiger partial charge < -0.3 is 29.2 Å². The molecule has 2 aromatic rings. The Morgan fingerprint density at radius 2 is 2.00 bits per heavy atom. The second kappa shape index (κ2) is 11.6. The van der Waals surface area contributed by atoms with Crippen LogP contribution in [0.4, 0.5) is 0 Å². The molecule has 2 unspecified atom stereocenters. The Bertz CT molecular complexity index is 1660. The van der Waals surface area contributed by atoms with Crippen LogP contribution in [0, 0.1) is 0 Å². The predicted molar refractivity (Wildman–Crippen MR) is 158 cm³/mol. The Morgan fingerprint density at radius 1 is 1.16 bits per heavy atom. The van der Waals surface area contributed by atoms with Crippen LogP contribution in [0.5, 0.6) is 17.2 Å². The molecule has 3 heterocycles. The monoisotopic (exact) mass is 587 g/mol. The van der Waals surface area contributed by atoms with Crippen molar-refractivity contribution >= 4 is 23.4 Å². The first-order valence-electron chi connectivity index (χ1n) is 15.0. The molecule has 0 radical (unpaired) electrons. The maximum atomic E-state index is 13.3. The van der Waals surface area contributed by atoms with Gasteiger partial charge in [-0.15, -0.1) is 0 Å². The van der Waals surface area contributed by atoms with E-state index in [1.165, 1.54) is 0 Å². The van der Waals surface area contributed by atoms with Gasteiger partial charge in [0.1, 0.15) is 29.1 Å². The Hall–Kier alpha value is -3.95. The number of ketones is 1. The maximum absolute atomic E-state index is 13.3. The summed E-state index contributed by atoms with van der Waals surface area (Å²) in [4.78, 5) is 30.7. The molecule has 226 valence electrons. The SMILES string of the molecule is CCOC(=O)C1=CC(=C2CCC(=O)C(c3ccc4c(c3)=CCN=4)C2)c2c(cc3c(c2OCCCO)CC(C(C)(C)O)O3)O1. The third-order valence-corrected chi connectivity index (χ3v) is 8.46. The fourth-order valence-corrected chi connectivity index (χ4v) is 6.19. The fraction of sp³-hybridized carbons (Fsp3) is 0.441. The standard InChI is InChI=1S/C34H37NO8/c1-4-40-33(38)29-16-23(20-7-9-26(37)22(15-20)19-6-8-25-21(14-19)10-11-35-25)31-28(42-29)18-27-24(32(31)41-13-5-12-36)17-30(43-27)34(2,3)39/h6,8,10,14,16,18,22,30,36,39H,4-5,7,9,11-13,15,17H2,1-3H3. The fourth-order valence-electron chi connectivity index (χ4n) is 6.19. The molecule has 2 aromatic carbocycles. The number of aliphatic hydroxyl groups is 2. The van der Waals surface area contributed by atoms with Gasteiger partial charge >= 0.3 is 5.97 Å². The van der Waals surface area contributed by atoms with Crippen LogP contribution in [0.3, 0.4) is 0 Å². The van der Waals surface area contributed by atoms with Crippen LogP contribution < -0.4 is 24.8 Å². The van der Waals surface area contributed by atoms with Crippen molar-refractivity contribution in [3.8, 4) is 17.2 Å². The summed E-state index contributed by atoms with van der Waals surface area (Å²) < 4.78 is 23.9. The molecule has 9 nitrogen and oxygen atoms in total. The van der Waals surface area contributed by atoms with Crippen LogP contribution in [0.1, 0.15) is 69.1 Å². The second-order valence-corrected chi connectivity index (χ2v) is 11.9. The average Bonchev–Trinajstić information content (AvgIpc) is 3.63. The molecule has 4 aliphatic rings. The summed E-state index contributed by atoms with van der Waals surface area (Å²) in [7, 11) is 0.